The molecule has 124 valence electrons. The fourth-order valence-electron chi connectivity index (χ4n) is 2.97. The molecule has 0 saturated carbocycles. The van der Waals surface area contributed by atoms with Gasteiger partial charge < -0.3 is 9.47 Å². The van der Waals surface area contributed by atoms with Crippen LogP contribution in [0.4, 0.5) is 0 Å². The Morgan fingerprint density at radius 2 is 2.17 bits per heavy atom. The summed E-state index contributed by atoms with van der Waals surface area (Å²) in [5.74, 6) is 0. The summed E-state index contributed by atoms with van der Waals surface area (Å²) in [6.07, 6.45) is 11.4. The lowest BCUT2D eigenvalue weighted by atomic mass is 10.1. The Kier molecular flexibility index (Phi) is 6.60. The molecule has 3 nitrogen and oxygen atoms in total. The third-order valence-electron chi connectivity index (χ3n) is 4.27. The van der Waals surface area contributed by atoms with Crippen molar-refractivity contribution in [2.24, 2.45) is 0 Å². The van der Waals surface area contributed by atoms with E-state index < -0.39 is 0 Å². The summed E-state index contributed by atoms with van der Waals surface area (Å²) >= 11 is 0. The molecule has 2 aromatic rings. The fourth-order valence-corrected chi connectivity index (χ4v) is 2.97. The Hall–Kier alpha value is -1.87. The van der Waals surface area contributed by atoms with Crippen molar-refractivity contribution >= 4 is 17.1 Å². The molecule has 3 heteroatoms. The Morgan fingerprint density at radius 1 is 1.35 bits per heavy atom. The molecule has 0 N–H and O–H groups in total. The van der Waals surface area contributed by atoms with Crippen LogP contribution in [-0.4, -0.2) is 34.6 Å². The summed E-state index contributed by atoms with van der Waals surface area (Å²) in [5, 5.41) is 0. The smallest absolute Gasteiger partial charge is 0.0960 e. The van der Waals surface area contributed by atoms with Gasteiger partial charge in [-0.3, -0.25) is 0 Å². The molecule has 1 aromatic carbocycles. The van der Waals surface area contributed by atoms with Crippen LogP contribution in [0.25, 0.3) is 17.1 Å². The van der Waals surface area contributed by atoms with E-state index in [2.05, 4.69) is 66.2 Å². The first kappa shape index (κ1) is 17.5. The number of fused-ring (bicyclic) bond motifs is 1. The van der Waals surface area contributed by atoms with E-state index in [9.17, 15) is 0 Å². The van der Waals surface area contributed by atoms with Crippen LogP contribution < -0.4 is 0 Å². The zero-order chi connectivity index (χ0) is 16.7. The lowest BCUT2D eigenvalue weighted by Crippen LogP contribution is -2.21. The highest BCUT2D eigenvalue weighted by Gasteiger charge is 2.10. The first-order chi connectivity index (χ1) is 11.2. The molecular formula is C20H29N3. The molecule has 0 aliphatic rings. The molecule has 2 rings (SSSR count). The van der Waals surface area contributed by atoms with Gasteiger partial charge in [0.05, 0.1) is 17.4 Å². The maximum absolute atomic E-state index is 4.57. The van der Waals surface area contributed by atoms with Crippen molar-refractivity contribution in [2.75, 3.05) is 20.1 Å². The van der Waals surface area contributed by atoms with Crippen LogP contribution in [0.15, 0.2) is 43.3 Å². The van der Waals surface area contributed by atoms with Gasteiger partial charge in [-0.25, -0.2) is 4.98 Å². The number of aromatic nitrogens is 2. The van der Waals surface area contributed by atoms with E-state index >= 15 is 0 Å². The Balaban J connectivity index is 2.02. The summed E-state index contributed by atoms with van der Waals surface area (Å²) < 4.78 is 2.30. The number of hydrogen-bond donors (Lipinski definition) is 0. The molecule has 1 aromatic heterocycles. The minimum atomic E-state index is 0.476. The molecule has 23 heavy (non-hydrogen) atoms. The van der Waals surface area contributed by atoms with Gasteiger partial charge in [0, 0.05) is 6.04 Å². The van der Waals surface area contributed by atoms with Crippen molar-refractivity contribution in [3.8, 4) is 0 Å². The first-order valence-electron chi connectivity index (χ1n) is 8.60. The van der Waals surface area contributed by atoms with Gasteiger partial charge >= 0.3 is 0 Å². The molecule has 1 heterocycles. The van der Waals surface area contributed by atoms with Crippen LogP contribution in [0.3, 0.4) is 0 Å². The van der Waals surface area contributed by atoms with Gasteiger partial charge in [0.15, 0.2) is 0 Å². The van der Waals surface area contributed by atoms with Crippen molar-refractivity contribution in [3.63, 3.8) is 0 Å². The summed E-state index contributed by atoms with van der Waals surface area (Å²) in [6, 6.07) is 6.92. The normalized spacial score (nSPS) is 13.2. The van der Waals surface area contributed by atoms with E-state index in [0.717, 1.165) is 11.1 Å². The molecule has 0 spiro atoms. The van der Waals surface area contributed by atoms with Gasteiger partial charge in [0.2, 0.25) is 0 Å². The Morgan fingerprint density at radius 3 is 2.91 bits per heavy atom. The molecular weight excluding hydrogens is 282 g/mol. The van der Waals surface area contributed by atoms with Crippen LogP contribution in [0.2, 0.25) is 0 Å². The van der Waals surface area contributed by atoms with E-state index in [4.69, 9.17) is 0 Å². The minimum Gasteiger partial charge on any atom is -0.328 e. The van der Waals surface area contributed by atoms with Crippen LogP contribution in [0, 0.1) is 0 Å². The number of rotatable bonds is 9. The van der Waals surface area contributed by atoms with Crippen molar-refractivity contribution in [1.82, 2.24) is 14.5 Å². The number of allylic oxidation sites excluding steroid dienone is 2. The number of benzene rings is 1. The predicted octanol–water partition coefficient (Wildman–Crippen LogP) is 4.92. The second-order valence-electron chi connectivity index (χ2n) is 6.29. The zero-order valence-electron chi connectivity index (χ0n) is 14.7. The third-order valence-corrected chi connectivity index (χ3v) is 4.27. The number of hydrogen-bond acceptors (Lipinski definition) is 2. The van der Waals surface area contributed by atoms with E-state index in [1.54, 1.807) is 6.08 Å². The molecule has 0 radical (unpaired) electrons. The van der Waals surface area contributed by atoms with Crippen LogP contribution in [0.5, 0.6) is 0 Å². The predicted molar refractivity (Wildman–Crippen MR) is 101 cm³/mol. The zero-order valence-corrected chi connectivity index (χ0v) is 14.7. The van der Waals surface area contributed by atoms with Gasteiger partial charge in [0.1, 0.15) is 0 Å². The molecule has 0 bridgehead atoms. The SMILES string of the molecule is C=C/C=C/c1ccc2c(c1)ncn2C(C)CCCN(C)CCC. The third kappa shape index (κ3) is 4.80. The minimum absolute atomic E-state index is 0.476. The Labute approximate surface area is 140 Å². The van der Waals surface area contributed by atoms with Crippen molar-refractivity contribution in [2.45, 2.75) is 39.2 Å². The first-order valence-corrected chi connectivity index (χ1v) is 8.60. The van der Waals surface area contributed by atoms with Crippen molar-refractivity contribution < 1.29 is 0 Å². The van der Waals surface area contributed by atoms with Gasteiger partial charge in [-0.15, -0.1) is 0 Å². The van der Waals surface area contributed by atoms with Crippen molar-refractivity contribution in [3.05, 3.63) is 48.8 Å². The van der Waals surface area contributed by atoms with Crippen LogP contribution in [0.1, 0.15) is 44.7 Å². The van der Waals surface area contributed by atoms with Crippen LogP contribution in [-0.2, 0) is 0 Å². The maximum Gasteiger partial charge on any atom is 0.0960 e. The highest BCUT2D eigenvalue weighted by atomic mass is 15.1. The average Bonchev–Trinajstić information content (AvgIpc) is 2.96. The van der Waals surface area contributed by atoms with Gasteiger partial charge in [-0.1, -0.05) is 37.8 Å². The van der Waals surface area contributed by atoms with E-state index in [1.165, 1.54) is 37.9 Å². The second kappa shape index (κ2) is 8.68. The lowest BCUT2D eigenvalue weighted by molar-refractivity contribution is 0.316. The number of imidazole rings is 1. The maximum atomic E-state index is 4.57. The topological polar surface area (TPSA) is 21.1 Å². The molecule has 0 aliphatic heterocycles. The highest BCUT2D eigenvalue weighted by molar-refractivity contribution is 5.78. The molecule has 0 saturated heterocycles. The molecule has 1 unspecified atom stereocenters. The van der Waals surface area contributed by atoms with Crippen molar-refractivity contribution in [1.29, 1.82) is 0 Å². The summed E-state index contributed by atoms with van der Waals surface area (Å²) in [7, 11) is 2.21. The molecule has 1 atom stereocenters. The molecule has 0 amide bonds. The van der Waals surface area contributed by atoms with Gasteiger partial charge in [-0.05, 0) is 64.0 Å². The average molecular weight is 311 g/mol. The quantitative estimate of drug-likeness (QED) is 0.613. The number of nitrogens with zero attached hydrogens (tertiary/aromatic N) is 3. The summed E-state index contributed by atoms with van der Waals surface area (Å²) in [5.41, 5.74) is 3.44. The fraction of sp³-hybridized carbons (Fsp3) is 0.450. The van der Waals surface area contributed by atoms with E-state index in [0.29, 0.717) is 6.04 Å². The monoisotopic (exact) mass is 311 g/mol. The molecule has 0 aliphatic carbocycles. The standard InChI is InChI=1S/C20H29N3/c1-5-7-10-18-11-12-20-19(15-18)21-16-23(20)17(3)9-8-14-22(4)13-6-2/h5,7,10-12,15-17H,1,6,8-9,13-14H2,2-4H3/b10-7+. The lowest BCUT2D eigenvalue weighted by Gasteiger charge is -2.18. The van der Waals surface area contributed by atoms with E-state index in [-0.39, 0.29) is 0 Å². The largest absolute Gasteiger partial charge is 0.328 e. The highest BCUT2D eigenvalue weighted by Crippen LogP contribution is 2.22. The summed E-state index contributed by atoms with van der Waals surface area (Å²) in [4.78, 5) is 6.99. The second-order valence-corrected chi connectivity index (χ2v) is 6.29. The van der Waals surface area contributed by atoms with E-state index in [1.807, 2.05) is 12.4 Å². The molecule has 0 fully saturated rings. The Bertz CT molecular complexity index is 654. The van der Waals surface area contributed by atoms with Gasteiger partial charge in [0.25, 0.3) is 0 Å². The summed E-state index contributed by atoms with van der Waals surface area (Å²) in [6.45, 7) is 10.6. The van der Waals surface area contributed by atoms with Crippen LogP contribution >= 0.6 is 0 Å². The van der Waals surface area contributed by atoms with Gasteiger partial charge in [-0.2, -0.15) is 0 Å².